The Bertz CT molecular complexity index is 1110. The van der Waals surface area contributed by atoms with E-state index < -0.39 is 0 Å². The molecule has 1 aromatic heterocycles. The van der Waals surface area contributed by atoms with Crippen LogP contribution in [0.3, 0.4) is 0 Å². The van der Waals surface area contributed by atoms with Gasteiger partial charge in [-0.3, -0.25) is 19.3 Å². The van der Waals surface area contributed by atoms with Crippen molar-refractivity contribution < 1.29 is 14.4 Å². The summed E-state index contributed by atoms with van der Waals surface area (Å²) in [6.45, 7) is 0.621. The van der Waals surface area contributed by atoms with E-state index in [-0.39, 0.29) is 29.8 Å². The first-order valence-electron chi connectivity index (χ1n) is 8.98. The monoisotopic (exact) mass is 424 g/mol. The van der Waals surface area contributed by atoms with Crippen molar-refractivity contribution in [2.24, 2.45) is 0 Å². The minimum absolute atomic E-state index is 0.204. The van der Waals surface area contributed by atoms with E-state index in [9.17, 15) is 14.4 Å². The van der Waals surface area contributed by atoms with E-state index in [2.05, 4.69) is 0 Å². The van der Waals surface area contributed by atoms with Gasteiger partial charge in [0, 0.05) is 17.5 Å². The first kappa shape index (κ1) is 19.4. The lowest BCUT2D eigenvalue weighted by Gasteiger charge is -2.16. The number of amides is 3. The fraction of sp³-hybridized carbons (Fsp3) is 0.136. The Balaban J connectivity index is 1.54. The smallest absolute Gasteiger partial charge is 0.261 e. The standard InChI is InChI=1S/C22H17ClN2O3S/c1-24(13-16-8-10-19(23)29-16)20(26)15-7-9-17-18(11-15)22(28)25(21(17)27)12-14-5-3-2-4-6-14/h2-11H,12-13H2,1H3. The van der Waals surface area contributed by atoms with E-state index >= 15 is 0 Å². The summed E-state index contributed by atoms with van der Waals surface area (Å²) in [4.78, 5) is 42.0. The van der Waals surface area contributed by atoms with Gasteiger partial charge in [0.15, 0.2) is 0 Å². The lowest BCUT2D eigenvalue weighted by Crippen LogP contribution is -2.29. The number of imide groups is 1. The molecule has 29 heavy (non-hydrogen) atoms. The first-order chi connectivity index (χ1) is 13.9. The Morgan fingerprint density at radius 2 is 1.72 bits per heavy atom. The highest BCUT2D eigenvalue weighted by atomic mass is 35.5. The average Bonchev–Trinajstić information content (AvgIpc) is 3.24. The highest BCUT2D eigenvalue weighted by molar-refractivity contribution is 7.16. The van der Waals surface area contributed by atoms with Gasteiger partial charge in [-0.05, 0) is 35.9 Å². The second kappa shape index (κ2) is 7.81. The molecule has 7 heteroatoms. The molecule has 3 amide bonds. The number of rotatable bonds is 5. The third kappa shape index (κ3) is 3.81. The Hall–Kier alpha value is -2.96. The predicted molar refractivity (Wildman–Crippen MR) is 112 cm³/mol. The molecule has 0 saturated carbocycles. The van der Waals surface area contributed by atoms with Gasteiger partial charge in [-0.2, -0.15) is 0 Å². The maximum absolute atomic E-state index is 12.8. The summed E-state index contributed by atoms with van der Waals surface area (Å²) in [5.74, 6) is -0.940. The first-order valence-corrected chi connectivity index (χ1v) is 10.2. The normalized spacial score (nSPS) is 13.0. The number of nitrogens with zero attached hydrogens (tertiary/aromatic N) is 2. The quantitative estimate of drug-likeness (QED) is 0.568. The molecule has 0 unspecified atom stereocenters. The minimum Gasteiger partial charge on any atom is -0.337 e. The minimum atomic E-state index is -0.379. The SMILES string of the molecule is CN(Cc1ccc(Cl)s1)C(=O)c1ccc2c(c1)C(=O)N(Cc1ccccc1)C2=O. The molecule has 1 aliphatic rings. The number of carbonyl (C=O) groups is 3. The topological polar surface area (TPSA) is 57.7 Å². The van der Waals surface area contributed by atoms with Gasteiger partial charge < -0.3 is 4.90 Å². The third-order valence-electron chi connectivity index (χ3n) is 4.77. The van der Waals surface area contributed by atoms with Crippen LogP contribution in [-0.2, 0) is 13.1 Å². The summed E-state index contributed by atoms with van der Waals surface area (Å²) in [5, 5.41) is 0. The molecule has 0 N–H and O–H groups in total. The largest absolute Gasteiger partial charge is 0.337 e. The molecule has 5 nitrogen and oxygen atoms in total. The van der Waals surface area contributed by atoms with E-state index in [4.69, 9.17) is 11.6 Å². The van der Waals surface area contributed by atoms with Crippen molar-refractivity contribution in [3.63, 3.8) is 0 Å². The molecule has 4 rings (SSSR count). The number of halogens is 1. The Morgan fingerprint density at radius 3 is 2.41 bits per heavy atom. The maximum Gasteiger partial charge on any atom is 0.261 e. The van der Waals surface area contributed by atoms with Crippen LogP contribution in [0, 0.1) is 0 Å². The third-order valence-corrected chi connectivity index (χ3v) is 5.99. The summed E-state index contributed by atoms with van der Waals surface area (Å²) < 4.78 is 0.668. The number of benzene rings is 2. The van der Waals surface area contributed by atoms with E-state index in [1.165, 1.54) is 22.3 Å². The van der Waals surface area contributed by atoms with Crippen LogP contribution in [0.4, 0.5) is 0 Å². The number of hydrogen-bond donors (Lipinski definition) is 0. The molecule has 0 saturated heterocycles. The zero-order valence-corrected chi connectivity index (χ0v) is 17.2. The van der Waals surface area contributed by atoms with Crippen LogP contribution >= 0.6 is 22.9 Å². The van der Waals surface area contributed by atoms with Gasteiger partial charge in [0.25, 0.3) is 17.7 Å². The van der Waals surface area contributed by atoms with Gasteiger partial charge in [0.05, 0.1) is 28.6 Å². The Morgan fingerprint density at radius 1 is 1.00 bits per heavy atom. The second-order valence-corrected chi connectivity index (χ2v) is 8.61. The fourth-order valence-electron chi connectivity index (χ4n) is 3.30. The van der Waals surface area contributed by atoms with Crippen molar-refractivity contribution in [3.8, 4) is 0 Å². The van der Waals surface area contributed by atoms with Crippen LogP contribution in [0.1, 0.15) is 41.5 Å². The summed E-state index contributed by atoms with van der Waals surface area (Å²) in [7, 11) is 1.69. The van der Waals surface area contributed by atoms with Gasteiger partial charge in [-0.15, -0.1) is 11.3 Å². The molecule has 2 aromatic carbocycles. The van der Waals surface area contributed by atoms with Gasteiger partial charge in [-0.1, -0.05) is 41.9 Å². The highest BCUT2D eigenvalue weighted by Crippen LogP contribution is 2.27. The predicted octanol–water partition coefficient (Wildman–Crippen LogP) is 4.47. The summed E-state index contributed by atoms with van der Waals surface area (Å²) >= 11 is 7.36. The van der Waals surface area contributed by atoms with Gasteiger partial charge in [-0.25, -0.2) is 0 Å². The van der Waals surface area contributed by atoms with Gasteiger partial charge in [0.2, 0.25) is 0 Å². The average molecular weight is 425 g/mol. The summed E-state index contributed by atoms with van der Waals surface area (Å²) in [6, 6.07) is 17.7. The molecular formula is C22H17ClN2O3S. The lowest BCUT2D eigenvalue weighted by molar-refractivity contribution is 0.0642. The second-order valence-electron chi connectivity index (χ2n) is 6.81. The number of hydrogen-bond acceptors (Lipinski definition) is 4. The maximum atomic E-state index is 12.8. The molecule has 0 fully saturated rings. The zero-order valence-electron chi connectivity index (χ0n) is 15.6. The van der Waals surface area contributed by atoms with Crippen LogP contribution in [0.2, 0.25) is 4.34 Å². The molecule has 0 atom stereocenters. The molecule has 0 aliphatic carbocycles. The van der Waals surface area contributed by atoms with Crippen molar-refractivity contribution in [2.45, 2.75) is 13.1 Å². The molecule has 0 radical (unpaired) electrons. The Kier molecular flexibility index (Phi) is 5.22. The molecule has 2 heterocycles. The van der Waals surface area contributed by atoms with Crippen LogP contribution in [0.25, 0.3) is 0 Å². The molecule has 146 valence electrons. The molecule has 0 spiro atoms. The fourth-order valence-corrected chi connectivity index (χ4v) is 4.44. The van der Waals surface area contributed by atoms with Crippen LogP contribution in [-0.4, -0.2) is 34.6 Å². The number of fused-ring (bicyclic) bond motifs is 1. The van der Waals surface area contributed by atoms with E-state index in [1.807, 2.05) is 36.4 Å². The van der Waals surface area contributed by atoms with Gasteiger partial charge in [0.1, 0.15) is 0 Å². The Labute approximate surface area is 177 Å². The van der Waals surface area contributed by atoms with Gasteiger partial charge >= 0.3 is 0 Å². The molecular weight excluding hydrogens is 408 g/mol. The van der Waals surface area contributed by atoms with Crippen molar-refractivity contribution in [1.29, 1.82) is 0 Å². The summed E-state index contributed by atoms with van der Waals surface area (Å²) in [5.41, 5.74) is 1.84. The van der Waals surface area contributed by atoms with E-state index in [0.717, 1.165) is 10.4 Å². The van der Waals surface area contributed by atoms with Crippen molar-refractivity contribution in [3.05, 3.63) is 92.1 Å². The number of carbonyl (C=O) groups excluding carboxylic acids is 3. The molecule has 1 aliphatic heterocycles. The summed E-state index contributed by atoms with van der Waals surface area (Å²) in [6.07, 6.45) is 0. The highest BCUT2D eigenvalue weighted by Gasteiger charge is 2.36. The van der Waals surface area contributed by atoms with E-state index in [0.29, 0.717) is 22.0 Å². The number of thiophene rings is 1. The van der Waals surface area contributed by atoms with Crippen molar-refractivity contribution in [1.82, 2.24) is 9.80 Å². The van der Waals surface area contributed by atoms with Crippen LogP contribution in [0.15, 0.2) is 60.7 Å². The van der Waals surface area contributed by atoms with Crippen molar-refractivity contribution >= 4 is 40.7 Å². The lowest BCUT2D eigenvalue weighted by atomic mass is 10.0. The zero-order chi connectivity index (χ0) is 20.5. The molecule has 0 bridgehead atoms. The van der Waals surface area contributed by atoms with Crippen LogP contribution < -0.4 is 0 Å². The van der Waals surface area contributed by atoms with Crippen molar-refractivity contribution in [2.75, 3.05) is 7.05 Å². The van der Waals surface area contributed by atoms with Crippen LogP contribution in [0.5, 0.6) is 0 Å². The molecule has 3 aromatic rings. The van der Waals surface area contributed by atoms with E-state index in [1.54, 1.807) is 30.1 Å².